The van der Waals surface area contributed by atoms with Crippen LogP contribution in [0.15, 0.2) is 48.7 Å². The first kappa shape index (κ1) is 14.0. The summed E-state index contributed by atoms with van der Waals surface area (Å²) in [7, 11) is 0. The Balaban J connectivity index is 1.70. The van der Waals surface area contributed by atoms with E-state index in [1.54, 1.807) is 0 Å². The van der Waals surface area contributed by atoms with Crippen molar-refractivity contribution in [1.82, 2.24) is 15.5 Å². The number of hydrogen-bond acceptors (Lipinski definition) is 3. The van der Waals surface area contributed by atoms with Gasteiger partial charge in [0.1, 0.15) is 0 Å². The molecule has 0 fully saturated rings. The van der Waals surface area contributed by atoms with E-state index in [-0.39, 0.29) is 0 Å². The van der Waals surface area contributed by atoms with Gasteiger partial charge < -0.3 is 5.32 Å². The number of H-pyrrole nitrogens is 1. The predicted molar refractivity (Wildman–Crippen MR) is 88.3 cm³/mol. The number of nitrogens with one attached hydrogen (secondary N) is 2. The van der Waals surface area contributed by atoms with Crippen molar-refractivity contribution < 1.29 is 0 Å². The maximum Gasteiger partial charge on any atom is 0.0695 e. The van der Waals surface area contributed by atoms with E-state index in [1.807, 2.05) is 35.7 Å². The molecule has 0 amide bonds. The summed E-state index contributed by atoms with van der Waals surface area (Å²) in [5.41, 5.74) is 3.46. The molecule has 0 spiro atoms. The highest BCUT2D eigenvalue weighted by Crippen LogP contribution is 2.24. The molecule has 3 nitrogen and oxygen atoms in total. The van der Waals surface area contributed by atoms with Crippen LogP contribution in [0, 0.1) is 6.92 Å². The Labute approximate surface area is 129 Å². The fourth-order valence-corrected chi connectivity index (χ4v) is 3.25. The van der Waals surface area contributed by atoms with E-state index >= 15 is 0 Å². The van der Waals surface area contributed by atoms with Crippen molar-refractivity contribution in [2.75, 3.05) is 0 Å². The third kappa shape index (κ3) is 3.23. The minimum Gasteiger partial charge on any atom is -0.305 e. The molecule has 0 bridgehead atoms. The summed E-state index contributed by atoms with van der Waals surface area (Å²) >= 11 is 1.85. The molecule has 1 unspecified atom stereocenters. The van der Waals surface area contributed by atoms with Crippen molar-refractivity contribution in [3.8, 4) is 11.3 Å². The largest absolute Gasteiger partial charge is 0.305 e. The summed E-state index contributed by atoms with van der Waals surface area (Å²) in [4.78, 5) is 2.73. The minimum absolute atomic E-state index is 0.349. The van der Waals surface area contributed by atoms with Crippen molar-refractivity contribution in [3.05, 3.63) is 64.0 Å². The van der Waals surface area contributed by atoms with Crippen LogP contribution < -0.4 is 5.32 Å². The molecule has 0 radical (unpaired) electrons. The van der Waals surface area contributed by atoms with Gasteiger partial charge >= 0.3 is 0 Å². The first-order valence-corrected chi connectivity index (χ1v) is 7.93. The quantitative estimate of drug-likeness (QED) is 0.737. The normalized spacial score (nSPS) is 12.5. The molecule has 0 aliphatic heterocycles. The van der Waals surface area contributed by atoms with Gasteiger partial charge in [-0.05, 0) is 31.5 Å². The Morgan fingerprint density at radius 2 is 2.00 bits per heavy atom. The van der Waals surface area contributed by atoms with Gasteiger partial charge in [-0.1, -0.05) is 30.3 Å². The number of aromatic nitrogens is 2. The van der Waals surface area contributed by atoms with Crippen LogP contribution in [0.5, 0.6) is 0 Å². The zero-order valence-corrected chi connectivity index (χ0v) is 13.1. The number of thiophene rings is 1. The van der Waals surface area contributed by atoms with Gasteiger partial charge in [-0.3, -0.25) is 5.10 Å². The summed E-state index contributed by atoms with van der Waals surface area (Å²) in [5.74, 6) is 0. The first-order chi connectivity index (χ1) is 10.2. The number of aryl methyl sites for hydroxylation is 1. The molecule has 0 aliphatic rings. The smallest absolute Gasteiger partial charge is 0.0695 e. The number of hydrogen-bond donors (Lipinski definition) is 2. The summed E-state index contributed by atoms with van der Waals surface area (Å²) in [5, 5.41) is 10.9. The summed E-state index contributed by atoms with van der Waals surface area (Å²) in [6.07, 6.45) is 1.90. The van der Waals surface area contributed by atoms with Gasteiger partial charge in [-0.15, -0.1) is 11.3 Å². The lowest BCUT2D eigenvalue weighted by Crippen LogP contribution is -2.17. The molecular weight excluding hydrogens is 278 g/mol. The van der Waals surface area contributed by atoms with Crippen LogP contribution in [0.4, 0.5) is 0 Å². The molecule has 4 heteroatoms. The highest BCUT2D eigenvalue weighted by molar-refractivity contribution is 7.12. The fraction of sp³-hybridized carbons (Fsp3) is 0.235. The van der Waals surface area contributed by atoms with Crippen LogP contribution in [-0.2, 0) is 6.54 Å². The molecule has 2 N–H and O–H groups in total. The van der Waals surface area contributed by atoms with Crippen LogP contribution in [0.25, 0.3) is 11.3 Å². The third-order valence-electron chi connectivity index (χ3n) is 3.57. The maximum atomic E-state index is 4.19. The number of benzene rings is 1. The molecule has 3 rings (SSSR count). The summed E-state index contributed by atoms with van der Waals surface area (Å²) < 4.78 is 0. The van der Waals surface area contributed by atoms with Crippen LogP contribution in [-0.4, -0.2) is 10.2 Å². The Morgan fingerprint density at radius 1 is 1.19 bits per heavy atom. The Bertz CT molecular complexity index is 700. The van der Waals surface area contributed by atoms with E-state index in [2.05, 4.69) is 53.6 Å². The molecular formula is C17H19N3S. The number of rotatable bonds is 5. The first-order valence-electron chi connectivity index (χ1n) is 7.11. The number of nitrogens with zero attached hydrogens (tertiary/aromatic N) is 1. The van der Waals surface area contributed by atoms with Crippen molar-refractivity contribution in [1.29, 1.82) is 0 Å². The third-order valence-corrected chi connectivity index (χ3v) is 4.75. The van der Waals surface area contributed by atoms with Crippen LogP contribution in [0.3, 0.4) is 0 Å². The molecule has 21 heavy (non-hydrogen) atoms. The molecule has 2 aromatic heterocycles. The lowest BCUT2D eigenvalue weighted by Gasteiger charge is -2.12. The van der Waals surface area contributed by atoms with Crippen LogP contribution in [0.2, 0.25) is 0 Å². The van der Waals surface area contributed by atoms with Gasteiger partial charge in [0.25, 0.3) is 0 Å². The Kier molecular flexibility index (Phi) is 4.18. The SMILES string of the molecule is Cc1ccc(C(C)NCc2cn[nH]c2-c2ccccc2)s1. The Hall–Kier alpha value is -1.91. The van der Waals surface area contributed by atoms with Gasteiger partial charge in [-0.25, -0.2) is 0 Å². The van der Waals surface area contributed by atoms with E-state index in [1.165, 1.54) is 20.9 Å². The van der Waals surface area contributed by atoms with Gasteiger partial charge in [0.15, 0.2) is 0 Å². The fourth-order valence-electron chi connectivity index (χ4n) is 2.35. The second-order valence-electron chi connectivity index (χ2n) is 5.19. The lowest BCUT2D eigenvalue weighted by molar-refractivity contribution is 0.583. The molecule has 0 aliphatic carbocycles. The van der Waals surface area contributed by atoms with E-state index in [0.29, 0.717) is 6.04 Å². The van der Waals surface area contributed by atoms with E-state index in [9.17, 15) is 0 Å². The topological polar surface area (TPSA) is 40.7 Å². The van der Waals surface area contributed by atoms with Crippen LogP contribution >= 0.6 is 11.3 Å². The zero-order chi connectivity index (χ0) is 14.7. The van der Waals surface area contributed by atoms with Gasteiger partial charge in [0, 0.05) is 27.9 Å². The van der Waals surface area contributed by atoms with Gasteiger partial charge in [0.05, 0.1) is 11.9 Å². The van der Waals surface area contributed by atoms with Crippen molar-refractivity contribution in [3.63, 3.8) is 0 Å². The van der Waals surface area contributed by atoms with Gasteiger partial charge in [-0.2, -0.15) is 5.10 Å². The van der Waals surface area contributed by atoms with E-state index in [0.717, 1.165) is 12.2 Å². The standard InChI is InChI=1S/C17H19N3S/c1-12-8-9-16(21-12)13(2)18-10-15-11-19-20-17(15)14-6-4-3-5-7-14/h3-9,11,13,18H,10H2,1-2H3,(H,19,20). The van der Waals surface area contributed by atoms with Gasteiger partial charge in [0.2, 0.25) is 0 Å². The zero-order valence-electron chi connectivity index (χ0n) is 12.3. The van der Waals surface area contributed by atoms with E-state index in [4.69, 9.17) is 0 Å². The Morgan fingerprint density at radius 3 is 2.71 bits per heavy atom. The van der Waals surface area contributed by atoms with E-state index < -0.39 is 0 Å². The minimum atomic E-state index is 0.349. The average molecular weight is 297 g/mol. The molecule has 0 saturated heterocycles. The summed E-state index contributed by atoms with van der Waals surface area (Å²) in [6, 6.07) is 15.0. The molecule has 3 aromatic rings. The monoisotopic (exact) mass is 297 g/mol. The highest BCUT2D eigenvalue weighted by Gasteiger charge is 2.11. The molecule has 1 atom stereocenters. The number of aromatic amines is 1. The average Bonchev–Trinajstić information content (AvgIpc) is 3.14. The lowest BCUT2D eigenvalue weighted by atomic mass is 10.1. The molecule has 0 saturated carbocycles. The highest BCUT2D eigenvalue weighted by atomic mass is 32.1. The second kappa shape index (κ2) is 6.24. The summed E-state index contributed by atoms with van der Waals surface area (Å²) in [6.45, 7) is 5.15. The molecule has 2 heterocycles. The molecule has 108 valence electrons. The predicted octanol–water partition coefficient (Wildman–Crippen LogP) is 4.30. The maximum absolute atomic E-state index is 4.19. The van der Waals surface area contributed by atoms with Crippen molar-refractivity contribution in [2.24, 2.45) is 0 Å². The molecule has 1 aromatic carbocycles. The van der Waals surface area contributed by atoms with Crippen molar-refractivity contribution in [2.45, 2.75) is 26.4 Å². The second-order valence-corrected chi connectivity index (χ2v) is 6.51. The van der Waals surface area contributed by atoms with Crippen LogP contribution in [0.1, 0.15) is 28.3 Å². The van der Waals surface area contributed by atoms with Crippen molar-refractivity contribution >= 4 is 11.3 Å².